The van der Waals surface area contributed by atoms with E-state index in [4.69, 9.17) is 5.26 Å². The van der Waals surface area contributed by atoms with Crippen LogP contribution in [0, 0.1) is 11.3 Å². The van der Waals surface area contributed by atoms with Crippen molar-refractivity contribution in [2.24, 2.45) is 0 Å². The predicted molar refractivity (Wildman–Crippen MR) is 66.4 cm³/mol. The summed E-state index contributed by atoms with van der Waals surface area (Å²) in [7, 11) is 0. The number of hydrogen-bond acceptors (Lipinski definition) is 3. The number of rotatable bonds is 1. The van der Waals surface area contributed by atoms with Crippen LogP contribution in [-0.2, 0) is 5.33 Å². The Morgan fingerprint density at radius 1 is 1.43 bits per heavy atom. The van der Waals surface area contributed by atoms with E-state index >= 15 is 0 Å². The van der Waals surface area contributed by atoms with E-state index in [0.717, 1.165) is 20.5 Å². The van der Waals surface area contributed by atoms with Gasteiger partial charge in [-0.2, -0.15) is 5.26 Å². The van der Waals surface area contributed by atoms with Crippen molar-refractivity contribution in [2.45, 2.75) is 9.54 Å². The van der Waals surface area contributed by atoms with Crippen LogP contribution in [0.5, 0.6) is 0 Å². The molecule has 1 nitrogen and oxygen atoms in total. The van der Waals surface area contributed by atoms with Crippen LogP contribution in [-0.4, -0.2) is 0 Å². The minimum absolute atomic E-state index is 0.707. The molecular formula is C10H6BrNS2. The molecule has 0 spiro atoms. The van der Waals surface area contributed by atoms with E-state index in [1.807, 2.05) is 18.2 Å². The number of alkyl halides is 1. The Morgan fingerprint density at radius 2 is 2.21 bits per heavy atom. The van der Waals surface area contributed by atoms with E-state index in [2.05, 4.69) is 34.6 Å². The van der Waals surface area contributed by atoms with Crippen LogP contribution in [0.25, 0.3) is 10.1 Å². The second-order valence-electron chi connectivity index (χ2n) is 2.88. The molecule has 1 aromatic carbocycles. The van der Waals surface area contributed by atoms with Crippen molar-refractivity contribution in [3.8, 4) is 6.07 Å². The maximum atomic E-state index is 8.84. The molecule has 0 saturated heterocycles. The molecule has 14 heavy (non-hydrogen) atoms. The van der Waals surface area contributed by atoms with Crippen molar-refractivity contribution in [3.63, 3.8) is 0 Å². The number of thiol groups is 1. The van der Waals surface area contributed by atoms with Gasteiger partial charge in [-0.15, -0.1) is 24.0 Å². The second kappa shape index (κ2) is 3.93. The zero-order valence-electron chi connectivity index (χ0n) is 7.12. The average molecular weight is 284 g/mol. The number of nitrogens with zero attached hydrogens (tertiary/aromatic N) is 1. The van der Waals surface area contributed by atoms with Gasteiger partial charge >= 0.3 is 0 Å². The molecule has 0 radical (unpaired) electrons. The first kappa shape index (κ1) is 10.0. The summed E-state index contributed by atoms with van der Waals surface area (Å²) in [5, 5.41) is 10.7. The first-order valence-corrected chi connectivity index (χ1v) is 6.34. The van der Waals surface area contributed by atoms with Crippen LogP contribution >= 0.6 is 39.9 Å². The highest BCUT2D eigenvalue weighted by Gasteiger charge is 2.06. The van der Waals surface area contributed by atoms with Gasteiger partial charge in [-0.05, 0) is 29.1 Å². The highest BCUT2D eigenvalue weighted by Crippen LogP contribution is 2.32. The van der Waals surface area contributed by atoms with Crippen LogP contribution in [0.15, 0.2) is 22.4 Å². The van der Waals surface area contributed by atoms with Gasteiger partial charge < -0.3 is 0 Å². The van der Waals surface area contributed by atoms with E-state index in [9.17, 15) is 0 Å². The molecule has 4 heteroatoms. The molecule has 2 aromatic rings. The molecule has 0 aliphatic rings. The Morgan fingerprint density at radius 3 is 2.86 bits per heavy atom. The summed E-state index contributed by atoms with van der Waals surface area (Å²) in [5.74, 6) is 0. The van der Waals surface area contributed by atoms with Crippen LogP contribution < -0.4 is 0 Å². The molecule has 0 N–H and O–H groups in total. The maximum Gasteiger partial charge on any atom is 0.0991 e. The fourth-order valence-electron chi connectivity index (χ4n) is 1.38. The quantitative estimate of drug-likeness (QED) is 0.622. The third-order valence-electron chi connectivity index (χ3n) is 1.95. The number of thiophene rings is 1. The lowest BCUT2D eigenvalue weighted by Crippen LogP contribution is -1.80. The first-order valence-electron chi connectivity index (χ1n) is 3.96. The van der Waals surface area contributed by atoms with Crippen molar-refractivity contribution in [2.75, 3.05) is 0 Å². The maximum absolute atomic E-state index is 8.84. The van der Waals surface area contributed by atoms with E-state index in [0.29, 0.717) is 5.56 Å². The number of halogens is 1. The smallest absolute Gasteiger partial charge is 0.0991 e. The lowest BCUT2D eigenvalue weighted by molar-refractivity contribution is 1.45. The first-order chi connectivity index (χ1) is 6.74. The normalized spacial score (nSPS) is 10.4. The van der Waals surface area contributed by atoms with E-state index in [-0.39, 0.29) is 0 Å². The third-order valence-corrected chi connectivity index (χ3v) is 3.99. The lowest BCUT2D eigenvalue weighted by atomic mass is 10.1. The SMILES string of the molecule is N#Cc1cc(CBr)c2sc(S)cc2c1. The largest absolute Gasteiger partial charge is 0.192 e. The summed E-state index contributed by atoms with van der Waals surface area (Å²) in [6, 6.07) is 7.98. The van der Waals surface area contributed by atoms with Gasteiger partial charge in [-0.1, -0.05) is 15.9 Å². The Labute approximate surface area is 99.9 Å². The lowest BCUT2D eigenvalue weighted by Gasteiger charge is -1.98. The van der Waals surface area contributed by atoms with Gasteiger partial charge in [0.1, 0.15) is 0 Å². The number of benzene rings is 1. The monoisotopic (exact) mass is 283 g/mol. The van der Waals surface area contributed by atoms with Gasteiger partial charge in [-0.3, -0.25) is 0 Å². The number of fused-ring (bicyclic) bond motifs is 1. The summed E-state index contributed by atoms with van der Waals surface area (Å²) >= 11 is 9.38. The zero-order chi connectivity index (χ0) is 10.1. The summed E-state index contributed by atoms with van der Waals surface area (Å²) in [6.45, 7) is 0. The minimum atomic E-state index is 0.707. The standard InChI is InChI=1S/C10H6BrNS2/c11-4-8-2-6(5-12)1-7-3-9(13)14-10(7)8/h1-3,13H,4H2. The fraction of sp³-hybridized carbons (Fsp3) is 0.100. The Hall–Kier alpha value is -0.500. The topological polar surface area (TPSA) is 23.8 Å². The predicted octanol–water partition coefficient (Wildman–Crippen LogP) is 3.96. The molecule has 2 rings (SSSR count). The molecule has 1 aromatic heterocycles. The fourth-order valence-corrected chi connectivity index (χ4v) is 3.31. The van der Waals surface area contributed by atoms with Gasteiger partial charge in [0, 0.05) is 10.0 Å². The van der Waals surface area contributed by atoms with E-state index in [1.165, 1.54) is 4.70 Å². The number of hydrogen-bond donors (Lipinski definition) is 1. The van der Waals surface area contributed by atoms with Gasteiger partial charge in [0.15, 0.2) is 0 Å². The highest BCUT2D eigenvalue weighted by molar-refractivity contribution is 9.08. The molecule has 0 aliphatic heterocycles. The Balaban J connectivity index is 2.80. The molecule has 0 unspecified atom stereocenters. The molecule has 0 bridgehead atoms. The molecule has 0 aliphatic carbocycles. The van der Waals surface area contributed by atoms with E-state index in [1.54, 1.807) is 11.3 Å². The molecule has 0 atom stereocenters. The van der Waals surface area contributed by atoms with Crippen LogP contribution in [0.3, 0.4) is 0 Å². The zero-order valence-corrected chi connectivity index (χ0v) is 10.4. The van der Waals surface area contributed by atoms with Crippen molar-refractivity contribution in [1.29, 1.82) is 5.26 Å². The van der Waals surface area contributed by atoms with Gasteiger partial charge in [0.2, 0.25) is 0 Å². The van der Waals surface area contributed by atoms with Crippen molar-refractivity contribution >= 4 is 50.0 Å². The average Bonchev–Trinajstić information content (AvgIpc) is 2.56. The summed E-state index contributed by atoms with van der Waals surface area (Å²) in [4.78, 5) is 0. The van der Waals surface area contributed by atoms with Crippen LogP contribution in [0.2, 0.25) is 0 Å². The van der Waals surface area contributed by atoms with Crippen molar-refractivity contribution in [1.82, 2.24) is 0 Å². The molecule has 0 amide bonds. The minimum Gasteiger partial charge on any atom is -0.192 e. The van der Waals surface area contributed by atoms with Crippen LogP contribution in [0.1, 0.15) is 11.1 Å². The molecule has 1 heterocycles. The van der Waals surface area contributed by atoms with Crippen molar-refractivity contribution < 1.29 is 0 Å². The van der Waals surface area contributed by atoms with Crippen molar-refractivity contribution in [3.05, 3.63) is 29.3 Å². The second-order valence-corrected chi connectivity index (χ2v) is 5.28. The van der Waals surface area contributed by atoms with Gasteiger partial charge in [0.25, 0.3) is 0 Å². The molecular weight excluding hydrogens is 278 g/mol. The molecule has 70 valence electrons. The third kappa shape index (κ3) is 1.68. The summed E-state index contributed by atoms with van der Waals surface area (Å²) < 4.78 is 2.20. The van der Waals surface area contributed by atoms with E-state index < -0.39 is 0 Å². The molecule has 0 fully saturated rings. The Kier molecular flexibility index (Phi) is 2.82. The Bertz CT molecular complexity index is 525. The van der Waals surface area contributed by atoms with Gasteiger partial charge in [0.05, 0.1) is 15.8 Å². The highest BCUT2D eigenvalue weighted by atomic mass is 79.9. The molecule has 0 saturated carbocycles. The van der Waals surface area contributed by atoms with Crippen LogP contribution in [0.4, 0.5) is 0 Å². The number of nitriles is 1. The summed E-state index contributed by atoms with van der Waals surface area (Å²) in [5.41, 5.74) is 1.86. The van der Waals surface area contributed by atoms with Gasteiger partial charge in [-0.25, -0.2) is 0 Å². The summed E-state index contributed by atoms with van der Waals surface area (Å²) in [6.07, 6.45) is 0.